The Balaban J connectivity index is 1.33. The monoisotopic (exact) mass is 388 g/mol. The van der Waals surface area contributed by atoms with Crippen LogP contribution in [0, 0.1) is 41.2 Å². The van der Waals surface area contributed by atoms with Gasteiger partial charge in [0.1, 0.15) is 0 Å². The fourth-order valence-electron chi connectivity index (χ4n) is 6.54. The van der Waals surface area contributed by atoms with Crippen LogP contribution in [0.25, 0.3) is 0 Å². The Hall–Kier alpha value is -1.38. The second-order valence-corrected chi connectivity index (χ2v) is 9.53. The second kappa shape index (κ2) is 8.55. The molecule has 0 saturated heterocycles. The maximum absolute atomic E-state index is 14.1. The van der Waals surface area contributed by atoms with Gasteiger partial charge in [0.25, 0.3) is 0 Å². The molecule has 1 aromatic carbocycles. The lowest BCUT2D eigenvalue weighted by Gasteiger charge is -2.45. The van der Waals surface area contributed by atoms with Crippen molar-refractivity contribution in [1.82, 2.24) is 0 Å². The Bertz CT molecular complexity index is 669. The van der Waals surface area contributed by atoms with Gasteiger partial charge in [0, 0.05) is 0 Å². The number of benzene rings is 1. The smallest absolute Gasteiger partial charge is 0.190 e. The second-order valence-electron chi connectivity index (χ2n) is 9.53. The molecule has 3 heteroatoms. The summed E-state index contributed by atoms with van der Waals surface area (Å²) in [5, 5.41) is 0. The van der Waals surface area contributed by atoms with Crippen LogP contribution < -0.4 is 4.74 Å². The minimum absolute atomic E-state index is 0.264. The van der Waals surface area contributed by atoms with Crippen molar-refractivity contribution in [1.29, 1.82) is 0 Å². The number of hydrogen-bond donors (Lipinski definition) is 0. The van der Waals surface area contributed by atoms with Gasteiger partial charge >= 0.3 is 0 Å². The fraction of sp³-hybridized carbons (Fsp3) is 0.680. The normalized spacial score (nSPS) is 35.8. The summed E-state index contributed by atoms with van der Waals surface area (Å²) >= 11 is 0. The molecule has 3 aliphatic rings. The van der Waals surface area contributed by atoms with Crippen LogP contribution in [0.2, 0.25) is 0 Å². The highest BCUT2D eigenvalue weighted by molar-refractivity contribution is 5.33. The fourth-order valence-corrected chi connectivity index (χ4v) is 6.54. The largest absolute Gasteiger partial charge is 0.491 e. The molecule has 3 fully saturated rings. The van der Waals surface area contributed by atoms with Gasteiger partial charge in [-0.1, -0.05) is 6.08 Å². The third kappa shape index (κ3) is 4.00. The highest BCUT2D eigenvalue weighted by Crippen LogP contribution is 2.50. The van der Waals surface area contributed by atoms with E-state index >= 15 is 0 Å². The Kier molecular flexibility index (Phi) is 6.08. The van der Waals surface area contributed by atoms with Crippen molar-refractivity contribution in [3.8, 4) is 5.75 Å². The van der Waals surface area contributed by atoms with Crippen molar-refractivity contribution >= 4 is 0 Å². The molecule has 0 aromatic heterocycles. The van der Waals surface area contributed by atoms with Crippen molar-refractivity contribution in [3.05, 3.63) is 42.0 Å². The molecule has 1 nitrogen and oxygen atoms in total. The molecular formula is C25H34F2O. The average molecular weight is 389 g/mol. The van der Waals surface area contributed by atoms with Crippen LogP contribution >= 0.6 is 0 Å². The zero-order valence-corrected chi connectivity index (χ0v) is 17.1. The Labute approximate surface area is 168 Å². The van der Waals surface area contributed by atoms with E-state index in [2.05, 4.69) is 12.7 Å². The van der Waals surface area contributed by atoms with Crippen LogP contribution in [0.15, 0.2) is 24.8 Å². The number of halogens is 2. The van der Waals surface area contributed by atoms with Crippen molar-refractivity contribution < 1.29 is 13.5 Å². The molecule has 28 heavy (non-hydrogen) atoms. The summed E-state index contributed by atoms with van der Waals surface area (Å²) in [4.78, 5) is 0. The summed E-state index contributed by atoms with van der Waals surface area (Å²) in [5.74, 6) is 3.15. The molecule has 4 unspecified atom stereocenters. The first-order valence-corrected chi connectivity index (χ1v) is 11.2. The van der Waals surface area contributed by atoms with Crippen molar-refractivity contribution in [2.75, 3.05) is 7.11 Å². The molecule has 4 rings (SSSR count). The van der Waals surface area contributed by atoms with Crippen LogP contribution in [-0.4, -0.2) is 7.11 Å². The van der Waals surface area contributed by atoms with Gasteiger partial charge in [-0.15, -0.1) is 6.58 Å². The van der Waals surface area contributed by atoms with Gasteiger partial charge in [-0.2, -0.15) is 0 Å². The lowest BCUT2D eigenvalue weighted by Crippen LogP contribution is -2.34. The Morgan fingerprint density at radius 2 is 1.36 bits per heavy atom. The van der Waals surface area contributed by atoms with Crippen molar-refractivity contribution in [2.45, 2.75) is 70.1 Å². The summed E-state index contributed by atoms with van der Waals surface area (Å²) in [5.41, 5.74) is 0.806. The van der Waals surface area contributed by atoms with Crippen LogP contribution in [-0.2, 0) is 0 Å². The van der Waals surface area contributed by atoms with Gasteiger partial charge < -0.3 is 4.74 Å². The van der Waals surface area contributed by atoms with Crippen LogP contribution in [0.1, 0.15) is 75.7 Å². The van der Waals surface area contributed by atoms with Gasteiger partial charge in [0.05, 0.1) is 7.11 Å². The van der Waals surface area contributed by atoms with E-state index in [-0.39, 0.29) is 11.7 Å². The summed E-state index contributed by atoms with van der Waals surface area (Å²) in [6, 6.07) is 2.96. The quantitative estimate of drug-likeness (QED) is 0.493. The van der Waals surface area contributed by atoms with Gasteiger partial charge in [0.15, 0.2) is 17.4 Å². The molecule has 3 saturated carbocycles. The van der Waals surface area contributed by atoms with Gasteiger partial charge in [0.2, 0.25) is 0 Å². The average Bonchev–Trinajstić information content (AvgIpc) is 2.73. The van der Waals surface area contributed by atoms with E-state index < -0.39 is 11.6 Å². The topological polar surface area (TPSA) is 9.23 Å². The maximum Gasteiger partial charge on any atom is 0.190 e. The lowest BCUT2D eigenvalue weighted by atomic mass is 9.61. The maximum atomic E-state index is 14.1. The molecule has 0 amide bonds. The zero-order valence-electron chi connectivity index (χ0n) is 17.1. The third-order valence-electron chi connectivity index (χ3n) is 8.16. The molecule has 154 valence electrons. The summed E-state index contributed by atoms with van der Waals surface area (Å²) in [7, 11) is 1.31. The first-order chi connectivity index (χ1) is 13.6. The van der Waals surface area contributed by atoms with E-state index in [1.165, 1.54) is 70.6 Å². The van der Waals surface area contributed by atoms with Crippen LogP contribution in [0.3, 0.4) is 0 Å². The van der Waals surface area contributed by atoms with Gasteiger partial charge in [-0.3, -0.25) is 0 Å². The number of methoxy groups -OCH3 is 1. The zero-order chi connectivity index (χ0) is 19.7. The van der Waals surface area contributed by atoms with Gasteiger partial charge in [-0.05, 0) is 117 Å². The summed E-state index contributed by atoms with van der Waals surface area (Å²) < 4.78 is 33.0. The van der Waals surface area contributed by atoms with E-state index in [1.54, 1.807) is 0 Å². The summed E-state index contributed by atoms with van der Waals surface area (Å²) in [6.45, 7) is 4.01. The van der Waals surface area contributed by atoms with E-state index in [0.717, 1.165) is 48.0 Å². The SMILES string of the molecule is C=CC1CCC2CC(C3CCC(c4cc(F)c(OC)c(F)c4)CC3)CCC2C1. The van der Waals surface area contributed by atoms with Crippen molar-refractivity contribution in [3.63, 3.8) is 0 Å². The number of ether oxygens (including phenoxy) is 1. The highest BCUT2D eigenvalue weighted by atomic mass is 19.1. The third-order valence-corrected chi connectivity index (χ3v) is 8.16. The molecule has 3 aliphatic carbocycles. The van der Waals surface area contributed by atoms with Crippen LogP contribution in [0.4, 0.5) is 8.78 Å². The number of rotatable bonds is 4. The predicted octanol–water partition coefficient (Wildman–Crippen LogP) is 7.27. The van der Waals surface area contributed by atoms with Gasteiger partial charge in [-0.25, -0.2) is 8.78 Å². The number of allylic oxidation sites excluding steroid dienone is 1. The molecule has 0 aliphatic heterocycles. The Morgan fingerprint density at radius 3 is 1.96 bits per heavy atom. The first kappa shape index (κ1) is 19.9. The van der Waals surface area contributed by atoms with Crippen LogP contribution in [0.5, 0.6) is 5.75 Å². The van der Waals surface area contributed by atoms with E-state index in [1.807, 2.05) is 0 Å². The molecule has 0 radical (unpaired) electrons. The van der Waals surface area contributed by atoms with E-state index in [4.69, 9.17) is 4.74 Å². The standard InChI is InChI=1S/C25H34F2O/c1-3-16-4-5-21-13-20(11-10-19(21)12-16)17-6-8-18(9-7-17)22-14-23(26)25(28-2)24(27)15-22/h3,14-21H,1,4-13H2,2H3. The summed E-state index contributed by atoms with van der Waals surface area (Å²) in [6.07, 6.45) is 15.0. The van der Waals surface area contributed by atoms with E-state index in [0.29, 0.717) is 0 Å². The highest BCUT2D eigenvalue weighted by Gasteiger charge is 2.38. The molecule has 0 N–H and O–H groups in total. The molecular weight excluding hydrogens is 354 g/mol. The predicted molar refractivity (Wildman–Crippen MR) is 109 cm³/mol. The molecule has 4 atom stereocenters. The molecule has 0 heterocycles. The molecule has 0 spiro atoms. The number of hydrogen-bond acceptors (Lipinski definition) is 1. The molecule has 1 aromatic rings. The first-order valence-electron chi connectivity index (χ1n) is 11.2. The molecule has 0 bridgehead atoms. The Morgan fingerprint density at radius 1 is 0.821 bits per heavy atom. The van der Waals surface area contributed by atoms with Crippen molar-refractivity contribution in [2.24, 2.45) is 29.6 Å². The minimum Gasteiger partial charge on any atom is -0.491 e. The number of fused-ring (bicyclic) bond motifs is 1. The van der Waals surface area contributed by atoms with E-state index in [9.17, 15) is 8.78 Å². The lowest BCUT2D eigenvalue weighted by molar-refractivity contribution is 0.0719. The minimum atomic E-state index is -0.576.